The Kier molecular flexibility index (Phi) is 5.04. The number of halogens is 1. The zero-order valence-corrected chi connectivity index (χ0v) is 13.2. The first-order valence-electron chi connectivity index (χ1n) is 6.36. The van der Waals surface area contributed by atoms with Gasteiger partial charge in [0.05, 0.1) is 19.8 Å². The highest BCUT2D eigenvalue weighted by molar-refractivity contribution is 9.10. The molecule has 0 radical (unpaired) electrons. The number of rotatable bonds is 5. The predicted molar refractivity (Wildman–Crippen MR) is 84.3 cm³/mol. The fourth-order valence-corrected chi connectivity index (χ4v) is 2.71. The minimum atomic E-state index is -0.185. The molecule has 0 aliphatic heterocycles. The second-order valence-electron chi connectivity index (χ2n) is 4.52. The molecule has 4 heteroatoms. The van der Waals surface area contributed by atoms with Crippen LogP contribution in [0.25, 0.3) is 0 Å². The van der Waals surface area contributed by atoms with E-state index in [-0.39, 0.29) is 6.04 Å². The van der Waals surface area contributed by atoms with Gasteiger partial charge in [0, 0.05) is 10.5 Å². The van der Waals surface area contributed by atoms with Crippen LogP contribution in [0.15, 0.2) is 46.9 Å². The average Bonchev–Trinajstić information content (AvgIpc) is 2.46. The molecular weight excluding hydrogens is 318 g/mol. The number of hydrogen-bond donors (Lipinski definition) is 1. The van der Waals surface area contributed by atoms with Crippen molar-refractivity contribution in [3.63, 3.8) is 0 Å². The van der Waals surface area contributed by atoms with Gasteiger partial charge >= 0.3 is 0 Å². The van der Waals surface area contributed by atoms with E-state index in [0.717, 1.165) is 28.0 Å². The topological polar surface area (TPSA) is 44.5 Å². The van der Waals surface area contributed by atoms with Crippen LogP contribution in [0.1, 0.15) is 17.2 Å². The summed E-state index contributed by atoms with van der Waals surface area (Å²) in [6, 6.07) is 13.7. The molecule has 2 N–H and O–H groups in total. The summed E-state index contributed by atoms with van der Waals surface area (Å²) in [7, 11) is 3.29. The van der Waals surface area contributed by atoms with Crippen LogP contribution in [0.3, 0.4) is 0 Å². The molecule has 106 valence electrons. The van der Waals surface area contributed by atoms with E-state index in [4.69, 9.17) is 15.2 Å². The lowest BCUT2D eigenvalue weighted by Gasteiger charge is -2.19. The average molecular weight is 336 g/mol. The lowest BCUT2D eigenvalue weighted by Crippen LogP contribution is -2.15. The Morgan fingerprint density at radius 1 is 1.05 bits per heavy atom. The molecule has 0 aliphatic rings. The monoisotopic (exact) mass is 335 g/mol. The second-order valence-corrected chi connectivity index (χ2v) is 5.43. The van der Waals surface area contributed by atoms with E-state index in [2.05, 4.69) is 28.1 Å². The molecule has 0 bridgehead atoms. The number of ether oxygens (including phenoxy) is 2. The van der Waals surface area contributed by atoms with Crippen LogP contribution in [0.4, 0.5) is 0 Å². The number of methoxy groups -OCH3 is 2. The molecule has 0 fully saturated rings. The minimum absolute atomic E-state index is 0.185. The van der Waals surface area contributed by atoms with Crippen molar-refractivity contribution in [3.8, 4) is 11.5 Å². The smallest absolute Gasteiger partial charge is 0.127 e. The van der Waals surface area contributed by atoms with Crippen LogP contribution < -0.4 is 15.2 Å². The zero-order valence-electron chi connectivity index (χ0n) is 11.6. The van der Waals surface area contributed by atoms with Gasteiger partial charge < -0.3 is 15.2 Å². The normalized spacial score (nSPS) is 12.0. The van der Waals surface area contributed by atoms with Gasteiger partial charge in [-0.15, -0.1) is 0 Å². The molecule has 3 nitrogen and oxygen atoms in total. The largest absolute Gasteiger partial charge is 0.496 e. The SMILES string of the molecule is COc1cccc(OC)c1C(N)Cc1cccc(Br)c1. The van der Waals surface area contributed by atoms with Gasteiger partial charge in [-0.3, -0.25) is 0 Å². The first kappa shape index (κ1) is 14.9. The van der Waals surface area contributed by atoms with Crippen LogP contribution in [0, 0.1) is 0 Å². The van der Waals surface area contributed by atoms with Gasteiger partial charge in [0.1, 0.15) is 11.5 Å². The van der Waals surface area contributed by atoms with E-state index >= 15 is 0 Å². The third kappa shape index (κ3) is 3.32. The molecule has 0 amide bonds. The molecule has 1 atom stereocenters. The fraction of sp³-hybridized carbons (Fsp3) is 0.250. The van der Waals surface area contributed by atoms with Crippen LogP contribution in [-0.4, -0.2) is 14.2 Å². The van der Waals surface area contributed by atoms with E-state index in [1.807, 2.05) is 30.3 Å². The molecule has 2 rings (SSSR count). The highest BCUT2D eigenvalue weighted by Crippen LogP contribution is 2.34. The molecule has 0 saturated carbocycles. The third-order valence-electron chi connectivity index (χ3n) is 3.18. The number of nitrogens with two attached hydrogens (primary N) is 1. The first-order chi connectivity index (χ1) is 9.65. The molecule has 2 aromatic carbocycles. The van der Waals surface area contributed by atoms with Crippen molar-refractivity contribution in [1.82, 2.24) is 0 Å². The third-order valence-corrected chi connectivity index (χ3v) is 3.67. The summed E-state index contributed by atoms with van der Waals surface area (Å²) >= 11 is 3.47. The minimum Gasteiger partial charge on any atom is -0.496 e. The molecule has 0 heterocycles. The Bertz CT molecular complexity index is 564. The quantitative estimate of drug-likeness (QED) is 0.905. The Hall–Kier alpha value is -1.52. The van der Waals surface area contributed by atoms with Crippen molar-refractivity contribution in [1.29, 1.82) is 0 Å². The Balaban J connectivity index is 2.31. The van der Waals surface area contributed by atoms with Crippen molar-refractivity contribution in [2.75, 3.05) is 14.2 Å². The van der Waals surface area contributed by atoms with Crippen molar-refractivity contribution in [2.24, 2.45) is 5.73 Å². The van der Waals surface area contributed by atoms with Gasteiger partial charge in [-0.05, 0) is 36.2 Å². The maximum absolute atomic E-state index is 6.35. The summed E-state index contributed by atoms with van der Waals surface area (Å²) in [5.41, 5.74) is 8.42. The van der Waals surface area contributed by atoms with E-state index in [1.165, 1.54) is 5.56 Å². The van der Waals surface area contributed by atoms with Crippen molar-refractivity contribution < 1.29 is 9.47 Å². The molecule has 1 unspecified atom stereocenters. The Morgan fingerprint density at radius 2 is 1.65 bits per heavy atom. The molecule has 0 aliphatic carbocycles. The number of benzene rings is 2. The summed E-state index contributed by atoms with van der Waals surface area (Å²) in [5, 5.41) is 0. The van der Waals surface area contributed by atoms with Crippen molar-refractivity contribution in [2.45, 2.75) is 12.5 Å². The summed E-state index contributed by atoms with van der Waals surface area (Å²) < 4.78 is 11.9. The zero-order chi connectivity index (χ0) is 14.5. The summed E-state index contributed by atoms with van der Waals surface area (Å²) in [6.45, 7) is 0. The molecule has 20 heavy (non-hydrogen) atoms. The van der Waals surface area contributed by atoms with Gasteiger partial charge in [0.25, 0.3) is 0 Å². The predicted octanol–water partition coefficient (Wildman–Crippen LogP) is 3.71. The van der Waals surface area contributed by atoms with E-state index in [1.54, 1.807) is 14.2 Å². The first-order valence-corrected chi connectivity index (χ1v) is 7.16. The standard InChI is InChI=1S/C16H18BrNO2/c1-19-14-7-4-8-15(20-2)16(14)13(18)10-11-5-3-6-12(17)9-11/h3-9,13H,10,18H2,1-2H3. The molecule has 0 aromatic heterocycles. The maximum atomic E-state index is 6.35. The van der Waals surface area contributed by atoms with Crippen molar-refractivity contribution >= 4 is 15.9 Å². The highest BCUT2D eigenvalue weighted by atomic mass is 79.9. The van der Waals surface area contributed by atoms with Crippen LogP contribution in [0.5, 0.6) is 11.5 Å². The Morgan fingerprint density at radius 3 is 2.20 bits per heavy atom. The van der Waals surface area contributed by atoms with Crippen molar-refractivity contribution in [3.05, 3.63) is 58.1 Å². The van der Waals surface area contributed by atoms with Gasteiger partial charge in [-0.2, -0.15) is 0 Å². The molecule has 0 spiro atoms. The fourth-order valence-electron chi connectivity index (χ4n) is 2.27. The van der Waals surface area contributed by atoms with Crippen LogP contribution >= 0.6 is 15.9 Å². The van der Waals surface area contributed by atoms with Crippen LogP contribution in [0.2, 0.25) is 0 Å². The molecule has 0 saturated heterocycles. The van der Waals surface area contributed by atoms with E-state index in [9.17, 15) is 0 Å². The Labute approximate surface area is 127 Å². The van der Waals surface area contributed by atoms with E-state index in [0.29, 0.717) is 0 Å². The second kappa shape index (κ2) is 6.77. The highest BCUT2D eigenvalue weighted by Gasteiger charge is 2.17. The lowest BCUT2D eigenvalue weighted by atomic mass is 9.98. The van der Waals surface area contributed by atoms with Gasteiger partial charge in [0.15, 0.2) is 0 Å². The molecule has 2 aromatic rings. The maximum Gasteiger partial charge on any atom is 0.127 e. The summed E-state index contributed by atoms with van der Waals surface area (Å²) in [4.78, 5) is 0. The summed E-state index contributed by atoms with van der Waals surface area (Å²) in [5.74, 6) is 1.51. The lowest BCUT2D eigenvalue weighted by molar-refractivity contribution is 0.379. The van der Waals surface area contributed by atoms with E-state index < -0.39 is 0 Å². The number of hydrogen-bond acceptors (Lipinski definition) is 3. The van der Waals surface area contributed by atoms with Gasteiger partial charge in [-0.25, -0.2) is 0 Å². The molecular formula is C16H18BrNO2. The van der Waals surface area contributed by atoms with Gasteiger partial charge in [-0.1, -0.05) is 34.1 Å². The van der Waals surface area contributed by atoms with Gasteiger partial charge in [0.2, 0.25) is 0 Å². The van der Waals surface area contributed by atoms with Crippen LogP contribution in [-0.2, 0) is 6.42 Å². The summed E-state index contributed by atoms with van der Waals surface area (Å²) in [6.07, 6.45) is 0.718.